The second kappa shape index (κ2) is 5.57. The van der Waals surface area contributed by atoms with Crippen LogP contribution in [0.15, 0.2) is 40.8 Å². The van der Waals surface area contributed by atoms with Gasteiger partial charge in [0.1, 0.15) is 0 Å². The number of carbonyl (C=O) groups is 3. The van der Waals surface area contributed by atoms with Crippen LogP contribution < -0.4 is 0 Å². The maximum Gasteiger partial charge on any atom is 0.334 e. The molecule has 0 unspecified atom stereocenters. The molecular formula is C14H11N3O4S. The highest BCUT2D eigenvalue weighted by Gasteiger charge is 2.43. The average molecular weight is 317 g/mol. The summed E-state index contributed by atoms with van der Waals surface area (Å²) in [5.74, 6) is -1.08. The minimum atomic E-state index is -0.848. The lowest BCUT2D eigenvalue weighted by molar-refractivity contribution is -0.143. The zero-order valence-electron chi connectivity index (χ0n) is 11.4. The summed E-state index contributed by atoms with van der Waals surface area (Å²) in [4.78, 5) is 41.7. The third-order valence-electron chi connectivity index (χ3n) is 3.05. The third-order valence-corrected chi connectivity index (χ3v) is 3.96. The van der Waals surface area contributed by atoms with E-state index in [1.54, 1.807) is 17.5 Å². The van der Waals surface area contributed by atoms with Crippen LogP contribution in [0.25, 0.3) is 10.8 Å². The standard InChI is InChI=1S/C14H11N3O4S/c1-2-5-16-12(18)13(19)17(14(16)20)7-9-8-22-11(15-9)10-4-3-6-21-10/h2-4,6,8H,1,5,7H2. The number of imide groups is 2. The number of rotatable bonds is 5. The fraction of sp³-hybridized carbons (Fsp3) is 0.143. The number of urea groups is 1. The molecule has 3 rings (SSSR count). The lowest BCUT2D eigenvalue weighted by Gasteiger charge is -2.12. The molecule has 4 amide bonds. The molecule has 0 N–H and O–H groups in total. The summed E-state index contributed by atoms with van der Waals surface area (Å²) in [5, 5.41) is 2.37. The highest BCUT2D eigenvalue weighted by molar-refractivity contribution is 7.13. The van der Waals surface area contributed by atoms with Crippen LogP contribution in [0.4, 0.5) is 4.79 Å². The first-order chi connectivity index (χ1) is 10.6. The van der Waals surface area contributed by atoms with E-state index in [-0.39, 0.29) is 13.1 Å². The van der Waals surface area contributed by atoms with Crippen molar-refractivity contribution in [3.63, 3.8) is 0 Å². The Hall–Kier alpha value is -2.74. The Morgan fingerprint density at radius 2 is 2.05 bits per heavy atom. The van der Waals surface area contributed by atoms with Gasteiger partial charge in [-0.05, 0) is 12.1 Å². The smallest absolute Gasteiger partial charge is 0.334 e. The number of hydrogen-bond donors (Lipinski definition) is 0. The van der Waals surface area contributed by atoms with Gasteiger partial charge in [-0.2, -0.15) is 0 Å². The SMILES string of the molecule is C=CCN1C(=O)C(=O)N(Cc2csc(-c3ccco3)n2)C1=O. The summed E-state index contributed by atoms with van der Waals surface area (Å²) in [6, 6.07) is 2.86. The molecule has 112 valence electrons. The van der Waals surface area contributed by atoms with Crippen LogP contribution in [0.3, 0.4) is 0 Å². The van der Waals surface area contributed by atoms with Gasteiger partial charge in [0, 0.05) is 11.9 Å². The molecule has 2 aromatic rings. The minimum Gasteiger partial charge on any atom is -0.462 e. The van der Waals surface area contributed by atoms with Crippen molar-refractivity contribution in [1.29, 1.82) is 0 Å². The Morgan fingerprint density at radius 3 is 2.73 bits per heavy atom. The van der Waals surface area contributed by atoms with E-state index in [0.29, 0.717) is 16.5 Å². The number of amides is 4. The van der Waals surface area contributed by atoms with Crippen LogP contribution >= 0.6 is 11.3 Å². The molecule has 0 aliphatic carbocycles. The predicted molar refractivity (Wildman–Crippen MR) is 77.7 cm³/mol. The number of carbonyl (C=O) groups excluding carboxylic acids is 3. The molecule has 0 aromatic carbocycles. The van der Waals surface area contributed by atoms with Crippen LogP contribution in [0.1, 0.15) is 5.69 Å². The van der Waals surface area contributed by atoms with Crippen molar-refractivity contribution in [2.45, 2.75) is 6.54 Å². The Kier molecular flexibility index (Phi) is 3.60. The summed E-state index contributed by atoms with van der Waals surface area (Å²) in [7, 11) is 0. The van der Waals surface area contributed by atoms with Gasteiger partial charge in [-0.3, -0.25) is 14.5 Å². The second-order valence-electron chi connectivity index (χ2n) is 4.50. The van der Waals surface area contributed by atoms with Gasteiger partial charge in [0.15, 0.2) is 10.8 Å². The van der Waals surface area contributed by atoms with E-state index < -0.39 is 17.8 Å². The zero-order chi connectivity index (χ0) is 15.7. The van der Waals surface area contributed by atoms with Crippen molar-refractivity contribution in [3.05, 3.63) is 42.1 Å². The highest BCUT2D eigenvalue weighted by Crippen LogP contribution is 2.25. The Morgan fingerprint density at radius 1 is 1.27 bits per heavy atom. The summed E-state index contributed by atoms with van der Waals surface area (Å²) < 4.78 is 5.24. The lowest BCUT2D eigenvalue weighted by Crippen LogP contribution is -2.33. The van der Waals surface area contributed by atoms with E-state index >= 15 is 0 Å². The van der Waals surface area contributed by atoms with Gasteiger partial charge >= 0.3 is 17.8 Å². The zero-order valence-corrected chi connectivity index (χ0v) is 12.2. The molecule has 1 fully saturated rings. The monoisotopic (exact) mass is 317 g/mol. The van der Waals surface area contributed by atoms with E-state index in [0.717, 1.165) is 9.80 Å². The summed E-state index contributed by atoms with van der Waals surface area (Å²) in [6.45, 7) is 3.42. The largest absolute Gasteiger partial charge is 0.462 e. The predicted octanol–water partition coefficient (Wildman–Crippen LogP) is 1.88. The molecule has 1 saturated heterocycles. The fourth-order valence-corrected chi connectivity index (χ4v) is 2.81. The molecule has 1 aliphatic heterocycles. The van der Waals surface area contributed by atoms with Crippen molar-refractivity contribution in [2.24, 2.45) is 0 Å². The molecule has 0 saturated carbocycles. The van der Waals surface area contributed by atoms with Gasteiger partial charge in [0.25, 0.3) is 0 Å². The second-order valence-corrected chi connectivity index (χ2v) is 5.36. The van der Waals surface area contributed by atoms with Crippen LogP contribution in [-0.4, -0.2) is 39.2 Å². The van der Waals surface area contributed by atoms with E-state index in [1.165, 1.54) is 23.7 Å². The molecule has 0 spiro atoms. The number of aromatic nitrogens is 1. The molecule has 7 nitrogen and oxygen atoms in total. The fourth-order valence-electron chi connectivity index (χ4n) is 2.03. The van der Waals surface area contributed by atoms with Crippen molar-refractivity contribution in [1.82, 2.24) is 14.8 Å². The van der Waals surface area contributed by atoms with Gasteiger partial charge in [0.2, 0.25) is 0 Å². The van der Waals surface area contributed by atoms with Crippen LogP contribution in [-0.2, 0) is 16.1 Å². The van der Waals surface area contributed by atoms with Gasteiger partial charge in [-0.25, -0.2) is 14.7 Å². The normalized spacial score (nSPS) is 15.0. The van der Waals surface area contributed by atoms with Gasteiger partial charge in [-0.1, -0.05) is 6.08 Å². The number of nitrogens with zero attached hydrogens (tertiary/aromatic N) is 3. The Balaban J connectivity index is 1.78. The summed E-state index contributed by atoms with van der Waals surface area (Å²) in [6.07, 6.45) is 2.93. The molecule has 2 aromatic heterocycles. The first kappa shape index (κ1) is 14.2. The van der Waals surface area contributed by atoms with Crippen molar-refractivity contribution in [2.75, 3.05) is 6.54 Å². The molecular weight excluding hydrogens is 306 g/mol. The first-order valence-electron chi connectivity index (χ1n) is 6.38. The molecule has 8 heteroatoms. The van der Waals surface area contributed by atoms with E-state index in [2.05, 4.69) is 11.6 Å². The van der Waals surface area contributed by atoms with E-state index in [9.17, 15) is 14.4 Å². The Labute approximate surface area is 129 Å². The van der Waals surface area contributed by atoms with Crippen LogP contribution in [0.2, 0.25) is 0 Å². The maximum atomic E-state index is 12.1. The maximum absolute atomic E-state index is 12.1. The van der Waals surface area contributed by atoms with E-state index in [4.69, 9.17) is 4.42 Å². The number of thiazole rings is 1. The molecule has 3 heterocycles. The third kappa shape index (κ3) is 2.33. The van der Waals surface area contributed by atoms with E-state index in [1.807, 2.05) is 0 Å². The first-order valence-corrected chi connectivity index (χ1v) is 7.26. The molecule has 0 radical (unpaired) electrons. The quantitative estimate of drug-likeness (QED) is 0.477. The molecule has 0 bridgehead atoms. The number of furan rings is 1. The molecule has 22 heavy (non-hydrogen) atoms. The minimum absolute atomic E-state index is 0.00855. The molecule has 0 atom stereocenters. The Bertz CT molecular complexity index is 750. The topological polar surface area (TPSA) is 83.7 Å². The van der Waals surface area contributed by atoms with Crippen molar-refractivity contribution >= 4 is 29.2 Å². The van der Waals surface area contributed by atoms with Crippen LogP contribution in [0.5, 0.6) is 0 Å². The molecule has 1 aliphatic rings. The van der Waals surface area contributed by atoms with Crippen LogP contribution in [0, 0.1) is 0 Å². The lowest BCUT2D eigenvalue weighted by atomic mass is 10.4. The summed E-state index contributed by atoms with van der Waals surface area (Å²) in [5.41, 5.74) is 0.520. The van der Waals surface area contributed by atoms with Crippen molar-refractivity contribution in [3.8, 4) is 10.8 Å². The number of hydrogen-bond acceptors (Lipinski definition) is 6. The highest BCUT2D eigenvalue weighted by atomic mass is 32.1. The average Bonchev–Trinajstić information content (AvgIpc) is 3.21. The van der Waals surface area contributed by atoms with Crippen molar-refractivity contribution < 1.29 is 18.8 Å². The summed E-state index contributed by atoms with van der Waals surface area (Å²) >= 11 is 1.34. The van der Waals surface area contributed by atoms with Gasteiger partial charge < -0.3 is 4.42 Å². The van der Waals surface area contributed by atoms with Gasteiger partial charge in [-0.15, -0.1) is 17.9 Å². The van der Waals surface area contributed by atoms with Gasteiger partial charge in [0.05, 0.1) is 18.5 Å².